The van der Waals surface area contributed by atoms with E-state index < -0.39 is 5.97 Å². The maximum atomic E-state index is 12.3. The van der Waals surface area contributed by atoms with Crippen molar-refractivity contribution in [3.8, 4) is 17.2 Å². The highest BCUT2D eigenvalue weighted by atomic mass is 16.5. The lowest BCUT2D eigenvalue weighted by Crippen LogP contribution is -2.06. The molecule has 0 bridgehead atoms. The standard InChI is InChI=1S/C21H20O5/c1-3-25-21(23)19-15-10-12-18(24-2)20(16(15)9-11-17(19)22)26-13-14-7-5-4-6-8-14/h4-12,22H,3,13H2,1-2H3. The van der Waals surface area contributed by atoms with E-state index in [0.29, 0.717) is 28.9 Å². The van der Waals surface area contributed by atoms with E-state index in [9.17, 15) is 9.90 Å². The number of aromatic hydroxyl groups is 1. The van der Waals surface area contributed by atoms with Crippen LogP contribution >= 0.6 is 0 Å². The Morgan fingerprint density at radius 1 is 1.00 bits per heavy atom. The second kappa shape index (κ2) is 7.78. The maximum Gasteiger partial charge on any atom is 0.342 e. The number of rotatable bonds is 6. The van der Waals surface area contributed by atoms with Gasteiger partial charge in [-0.05, 0) is 36.8 Å². The summed E-state index contributed by atoms with van der Waals surface area (Å²) in [5.41, 5.74) is 1.13. The summed E-state index contributed by atoms with van der Waals surface area (Å²) in [5.74, 6) is 0.359. The molecule has 0 radical (unpaired) electrons. The van der Waals surface area contributed by atoms with Gasteiger partial charge in [-0.25, -0.2) is 4.79 Å². The molecule has 0 aliphatic carbocycles. The molecule has 0 aromatic heterocycles. The molecular formula is C21H20O5. The lowest BCUT2D eigenvalue weighted by molar-refractivity contribution is 0.0525. The molecule has 3 aromatic rings. The van der Waals surface area contributed by atoms with Crippen LogP contribution < -0.4 is 9.47 Å². The van der Waals surface area contributed by atoms with Crippen LogP contribution in [0.25, 0.3) is 10.8 Å². The normalized spacial score (nSPS) is 10.5. The molecule has 0 unspecified atom stereocenters. The van der Waals surface area contributed by atoms with Crippen molar-refractivity contribution in [1.29, 1.82) is 0 Å². The molecule has 0 atom stereocenters. The molecule has 3 aromatic carbocycles. The van der Waals surface area contributed by atoms with Gasteiger partial charge in [0, 0.05) is 10.8 Å². The first-order valence-corrected chi connectivity index (χ1v) is 8.32. The summed E-state index contributed by atoms with van der Waals surface area (Å²) >= 11 is 0. The molecule has 3 rings (SSSR count). The Bertz CT molecular complexity index is 919. The summed E-state index contributed by atoms with van der Waals surface area (Å²) in [6.07, 6.45) is 0. The molecule has 26 heavy (non-hydrogen) atoms. The minimum atomic E-state index is -0.574. The minimum absolute atomic E-state index is 0.122. The first-order valence-electron chi connectivity index (χ1n) is 8.32. The number of phenolic OH excluding ortho intramolecular Hbond substituents is 1. The fourth-order valence-electron chi connectivity index (χ4n) is 2.80. The lowest BCUT2D eigenvalue weighted by Gasteiger charge is -2.16. The van der Waals surface area contributed by atoms with Crippen molar-refractivity contribution in [2.45, 2.75) is 13.5 Å². The molecule has 0 aliphatic heterocycles. The van der Waals surface area contributed by atoms with Crippen LogP contribution in [0.5, 0.6) is 17.2 Å². The van der Waals surface area contributed by atoms with Crippen molar-refractivity contribution < 1.29 is 24.1 Å². The number of carbonyl (C=O) groups is 1. The van der Waals surface area contributed by atoms with E-state index >= 15 is 0 Å². The van der Waals surface area contributed by atoms with Crippen molar-refractivity contribution in [3.63, 3.8) is 0 Å². The minimum Gasteiger partial charge on any atom is -0.507 e. The van der Waals surface area contributed by atoms with Crippen LogP contribution in [0.3, 0.4) is 0 Å². The molecule has 0 aliphatic rings. The van der Waals surface area contributed by atoms with E-state index in [1.807, 2.05) is 30.3 Å². The van der Waals surface area contributed by atoms with Crippen molar-refractivity contribution >= 4 is 16.7 Å². The zero-order valence-corrected chi connectivity index (χ0v) is 14.7. The summed E-state index contributed by atoms with van der Waals surface area (Å²) < 4.78 is 16.5. The van der Waals surface area contributed by atoms with Crippen LogP contribution in [0.1, 0.15) is 22.8 Å². The third-order valence-corrected chi connectivity index (χ3v) is 4.02. The molecule has 134 valence electrons. The van der Waals surface area contributed by atoms with E-state index in [1.165, 1.54) is 6.07 Å². The lowest BCUT2D eigenvalue weighted by atomic mass is 10.0. The summed E-state index contributed by atoms with van der Waals surface area (Å²) in [4.78, 5) is 12.3. The molecule has 5 nitrogen and oxygen atoms in total. The van der Waals surface area contributed by atoms with Crippen LogP contribution in [-0.2, 0) is 11.3 Å². The van der Waals surface area contributed by atoms with Crippen molar-refractivity contribution in [2.24, 2.45) is 0 Å². The van der Waals surface area contributed by atoms with Crippen molar-refractivity contribution in [2.75, 3.05) is 13.7 Å². The summed E-state index contributed by atoms with van der Waals surface area (Å²) in [6, 6.07) is 16.4. The largest absolute Gasteiger partial charge is 0.507 e. The average molecular weight is 352 g/mol. The molecule has 0 fully saturated rings. The van der Waals surface area contributed by atoms with Gasteiger partial charge in [-0.2, -0.15) is 0 Å². The highest BCUT2D eigenvalue weighted by Gasteiger charge is 2.20. The summed E-state index contributed by atoms with van der Waals surface area (Å²) in [6.45, 7) is 2.30. The Morgan fingerprint density at radius 3 is 2.42 bits per heavy atom. The quantitative estimate of drug-likeness (QED) is 0.670. The SMILES string of the molecule is CCOC(=O)c1c(O)ccc2c(OCc3ccccc3)c(OC)ccc12. The smallest absolute Gasteiger partial charge is 0.342 e. The predicted molar refractivity (Wildman–Crippen MR) is 98.9 cm³/mol. The highest BCUT2D eigenvalue weighted by Crippen LogP contribution is 2.40. The fraction of sp³-hybridized carbons (Fsp3) is 0.190. The van der Waals surface area contributed by atoms with Gasteiger partial charge in [-0.15, -0.1) is 0 Å². The average Bonchev–Trinajstić information content (AvgIpc) is 2.66. The van der Waals surface area contributed by atoms with E-state index in [-0.39, 0.29) is 17.9 Å². The van der Waals surface area contributed by atoms with Crippen LogP contribution in [0, 0.1) is 0 Å². The van der Waals surface area contributed by atoms with E-state index in [4.69, 9.17) is 14.2 Å². The number of methoxy groups -OCH3 is 1. The van der Waals surface area contributed by atoms with Crippen molar-refractivity contribution in [1.82, 2.24) is 0 Å². The predicted octanol–water partition coefficient (Wildman–Crippen LogP) is 4.31. The van der Waals surface area contributed by atoms with Gasteiger partial charge in [0.25, 0.3) is 0 Å². The second-order valence-corrected chi connectivity index (χ2v) is 5.65. The molecule has 1 N–H and O–H groups in total. The first kappa shape index (κ1) is 17.6. The van der Waals surface area contributed by atoms with Gasteiger partial charge < -0.3 is 19.3 Å². The van der Waals surface area contributed by atoms with E-state index in [1.54, 1.807) is 32.2 Å². The Balaban J connectivity index is 2.08. The van der Waals surface area contributed by atoms with Crippen molar-refractivity contribution in [3.05, 3.63) is 65.7 Å². The first-order chi connectivity index (χ1) is 12.7. The molecule has 0 amide bonds. The number of benzene rings is 3. The van der Waals surface area contributed by atoms with Crippen LogP contribution in [0.15, 0.2) is 54.6 Å². The van der Waals surface area contributed by atoms with Gasteiger partial charge in [0.1, 0.15) is 17.9 Å². The number of carbonyl (C=O) groups excluding carboxylic acids is 1. The number of phenols is 1. The topological polar surface area (TPSA) is 65.0 Å². The number of fused-ring (bicyclic) bond motifs is 1. The number of esters is 1. The summed E-state index contributed by atoms with van der Waals surface area (Å²) in [5, 5.41) is 11.4. The van der Waals surface area contributed by atoms with Gasteiger partial charge >= 0.3 is 5.97 Å². The fourth-order valence-corrected chi connectivity index (χ4v) is 2.80. The third kappa shape index (κ3) is 3.42. The van der Waals surface area contributed by atoms with Gasteiger partial charge in [-0.1, -0.05) is 30.3 Å². The molecule has 0 spiro atoms. The third-order valence-electron chi connectivity index (χ3n) is 4.02. The number of hydrogen-bond acceptors (Lipinski definition) is 5. The number of ether oxygens (including phenoxy) is 3. The van der Waals surface area contributed by atoms with Crippen LogP contribution in [-0.4, -0.2) is 24.8 Å². The van der Waals surface area contributed by atoms with Gasteiger partial charge in [0.15, 0.2) is 11.5 Å². The number of hydrogen-bond donors (Lipinski definition) is 1. The van der Waals surface area contributed by atoms with Crippen LogP contribution in [0.4, 0.5) is 0 Å². The van der Waals surface area contributed by atoms with E-state index in [2.05, 4.69) is 0 Å². The van der Waals surface area contributed by atoms with Gasteiger partial charge in [0.05, 0.1) is 13.7 Å². The monoisotopic (exact) mass is 352 g/mol. The van der Waals surface area contributed by atoms with E-state index in [0.717, 1.165) is 5.56 Å². The maximum absolute atomic E-state index is 12.3. The molecular weight excluding hydrogens is 332 g/mol. The Hall–Kier alpha value is -3.21. The summed E-state index contributed by atoms with van der Waals surface area (Å²) in [7, 11) is 1.56. The van der Waals surface area contributed by atoms with Gasteiger partial charge in [0.2, 0.25) is 0 Å². The van der Waals surface area contributed by atoms with Gasteiger partial charge in [-0.3, -0.25) is 0 Å². The Kier molecular flexibility index (Phi) is 5.27. The van der Waals surface area contributed by atoms with Crippen LogP contribution in [0.2, 0.25) is 0 Å². The Labute approximate surface area is 151 Å². The Morgan fingerprint density at radius 2 is 1.73 bits per heavy atom. The molecule has 0 saturated heterocycles. The molecule has 0 saturated carbocycles. The molecule has 5 heteroatoms. The zero-order valence-electron chi connectivity index (χ0n) is 14.7. The molecule has 0 heterocycles. The highest BCUT2D eigenvalue weighted by molar-refractivity contribution is 6.09. The zero-order chi connectivity index (χ0) is 18.5. The second-order valence-electron chi connectivity index (χ2n) is 5.65.